The number of benzene rings is 2. The lowest BCUT2D eigenvalue weighted by atomic mass is 10.1. The van der Waals surface area contributed by atoms with Gasteiger partial charge in [0.2, 0.25) is 0 Å². The van der Waals surface area contributed by atoms with Crippen molar-refractivity contribution in [2.45, 2.75) is 13.5 Å². The van der Waals surface area contributed by atoms with Crippen molar-refractivity contribution in [3.63, 3.8) is 0 Å². The lowest BCUT2D eigenvalue weighted by Gasteiger charge is -2.20. The highest BCUT2D eigenvalue weighted by Gasteiger charge is 2.22. The van der Waals surface area contributed by atoms with E-state index in [1.54, 1.807) is 15.9 Å². The monoisotopic (exact) mass is 375 g/mol. The minimum Gasteiger partial charge on any atom is -0.268 e. The van der Waals surface area contributed by atoms with Crippen LogP contribution in [-0.2, 0) is 6.54 Å². The molecule has 2 aromatic heterocycles. The van der Waals surface area contributed by atoms with Gasteiger partial charge in [-0.3, -0.25) is 9.69 Å². The van der Waals surface area contributed by atoms with Crippen LogP contribution in [0.1, 0.15) is 21.6 Å². The summed E-state index contributed by atoms with van der Waals surface area (Å²) in [5.41, 5.74) is 3.35. The van der Waals surface area contributed by atoms with Crippen LogP contribution in [0.25, 0.3) is 0 Å². The van der Waals surface area contributed by atoms with Gasteiger partial charge in [0.25, 0.3) is 5.91 Å². The smallest absolute Gasteiger partial charge is 0.264 e. The maximum absolute atomic E-state index is 13.2. The first-order valence-electron chi connectivity index (χ1n) is 8.44. The molecule has 0 radical (unpaired) electrons. The Balaban J connectivity index is 1.63. The van der Waals surface area contributed by atoms with Crippen LogP contribution < -0.4 is 4.90 Å². The van der Waals surface area contributed by atoms with Gasteiger partial charge < -0.3 is 0 Å². The van der Waals surface area contributed by atoms with Gasteiger partial charge in [-0.2, -0.15) is 5.10 Å². The second-order valence-electron chi connectivity index (χ2n) is 6.04. The van der Waals surface area contributed by atoms with Gasteiger partial charge in [0.15, 0.2) is 5.13 Å². The number of carbonyl (C=O) groups is 1. The first-order chi connectivity index (χ1) is 13.2. The fourth-order valence-electron chi connectivity index (χ4n) is 2.72. The molecule has 0 saturated carbocycles. The molecule has 1 amide bonds. The number of aryl methyl sites for hydroxylation is 1. The lowest BCUT2D eigenvalue weighted by Crippen LogP contribution is -2.25. The molecule has 134 valence electrons. The van der Waals surface area contributed by atoms with Gasteiger partial charge >= 0.3 is 0 Å². The van der Waals surface area contributed by atoms with E-state index in [-0.39, 0.29) is 5.91 Å². The number of anilines is 2. The number of carbonyl (C=O) groups excluding carboxylic acids is 1. The molecule has 0 aliphatic rings. The Morgan fingerprint density at radius 2 is 1.89 bits per heavy atom. The molecule has 6 nitrogen and oxygen atoms in total. The number of hydrogen-bond donors (Lipinski definition) is 0. The van der Waals surface area contributed by atoms with Crippen LogP contribution in [0.5, 0.6) is 0 Å². The summed E-state index contributed by atoms with van der Waals surface area (Å²) in [4.78, 5) is 23.4. The van der Waals surface area contributed by atoms with E-state index < -0.39 is 0 Å². The predicted octanol–water partition coefficient (Wildman–Crippen LogP) is 4.07. The molecule has 0 N–H and O–H groups in total. The van der Waals surface area contributed by atoms with Crippen LogP contribution in [0.15, 0.2) is 72.6 Å². The van der Waals surface area contributed by atoms with Crippen LogP contribution in [-0.4, -0.2) is 25.7 Å². The molecule has 4 rings (SSSR count). The number of nitrogens with zero attached hydrogens (tertiary/aromatic N) is 5. The van der Waals surface area contributed by atoms with E-state index in [2.05, 4.69) is 15.1 Å². The second-order valence-corrected chi connectivity index (χ2v) is 6.87. The molecule has 7 heteroatoms. The maximum atomic E-state index is 13.2. The van der Waals surface area contributed by atoms with Gasteiger partial charge in [0.05, 0.1) is 17.9 Å². The molecule has 0 bridgehead atoms. The average Bonchev–Trinajstić information content (AvgIpc) is 3.35. The first kappa shape index (κ1) is 17.1. The number of amides is 1. The highest BCUT2D eigenvalue weighted by atomic mass is 32.1. The fraction of sp³-hybridized carbons (Fsp3) is 0.100. The highest BCUT2D eigenvalue weighted by Crippen LogP contribution is 2.30. The van der Waals surface area contributed by atoms with Crippen molar-refractivity contribution in [1.82, 2.24) is 19.7 Å². The summed E-state index contributed by atoms with van der Waals surface area (Å²) in [6.07, 6.45) is 3.17. The third kappa shape index (κ3) is 3.78. The highest BCUT2D eigenvalue weighted by molar-refractivity contribution is 7.14. The van der Waals surface area contributed by atoms with Gasteiger partial charge in [-0.15, -0.1) is 11.3 Å². The summed E-state index contributed by atoms with van der Waals surface area (Å²) < 4.78 is 1.74. The van der Waals surface area contributed by atoms with E-state index in [0.717, 1.165) is 16.9 Å². The van der Waals surface area contributed by atoms with Gasteiger partial charge in [-0.1, -0.05) is 30.3 Å². The zero-order valence-electron chi connectivity index (χ0n) is 14.7. The number of rotatable bonds is 5. The molecular weight excluding hydrogens is 358 g/mol. The van der Waals surface area contributed by atoms with E-state index in [1.807, 2.05) is 66.9 Å². The van der Waals surface area contributed by atoms with Gasteiger partial charge in [-0.05, 0) is 36.8 Å². The van der Waals surface area contributed by atoms with Crippen molar-refractivity contribution in [2.24, 2.45) is 0 Å². The third-order valence-corrected chi connectivity index (χ3v) is 4.97. The lowest BCUT2D eigenvalue weighted by molar-refractivity contribution is 0.0999. The minimum absolute atomic E-state index is 0.108. The van der Waals surface area contributed by atoms with Crippen molar-refractivity contribution < 1.29 is 4.79 Å². The summed E-state index contributed by atoms with van der Waals surface area (Å²) in [6.45, 7) is 2.54. The Morgan fingerprint density at radius 1 is 1.11 bits per heavy atom. The van der Waals surface area contributed by atoms with E-state index in [9.17, 15) is 4.79 Å². The number of para-hydroxylation sites is 1. The maximum Gasteiger partial charge on any atom is 0.264 e. The van der Waals surface area contributed by atoms with E-state index in [1.165, 1.54) is 17.7 Å². The third-order valence-electron chi connectivity index (χ3n) is 4.03. The van der Waals surface area contributed by atoms with Crippen molar-refractivity contribution in [2.75, 3.05) is 4.90 Å². The van der Waals surface area contributed by atoms with Crippen LogP contribution in [0.2, 0.25) is 0 Å². The Morgan fingerprint density at radius 3 is 2.52 bits per heavy atom. The van der Waals surface area contributed by atoms with Crippen LogP contribution in [0.4, 0.5) is 10.8 Å². The van der Waals surface area contributed by atoms with Crippen molar-refractivity contribution in [1.29, 1.82) is 0 Å². The second kappa shape index (κ2) is 7.51. The van der Waals surface area contributed by atoms with E-state index in [4.69, 9.17) is 0 Å². The Bertz CT molecular complexity index is 1030. The van der Waals surface area contributed by atoms with Crippen LogP contribution in [0.3, 0.4) is 0 Å². The van der Waals surface area contributed by atoms with E-state index in [0.29, 0.717) is 17.2 Å². The molecule has 0 spiro atoms. The van der Waals surface area contributed by atoms with Crippen molar-refractivity contribution in [3.8, 4) is 0 Å². The van der Waals surface area contributed by atoms with Crippen molar-refractivity contribution in [3.05, 3.63) is 89.5 Å². The zero-order valence-corrected chi connectivity index (χ0v) is 15.5. The molecule has 4 aromatic rings. The first-order valence-corrected chi connectivity index (χ1v) is 9.31. The fourth-order valence-corrected chi connectivity index (χ4v) is 3.54. The summed E-state index contributed by atoms with van der Waals surface area (Å²) in [5.74, 6) is -0.108. The molecular formula is C20H17N5OS. The Kier molecular flexibility index (Phi) is 4.76. The number of thiazole rings is 1. The van der Waals surface area contributed by atoms with E-state index >= 15 is 0 Å². The molecule has 2 heterocycles. The molecule has 0 aliphatic heterocycles. The summed E-state index contributed by atoms with van der Waals surface area (Å²) in [7, 11) is 0. The van der Waals surface area contributed by atoms with Gasteiger partial charge in [-0.25, -0.2) is 14.6 Å². The molecule has 0 aliphatic carbocycles. The topological polar surface area (TPSA) is 63.9 Å². The molecule has 0 atom stereocenters. The zero-order chi connectivity index (χ0) is 18.6. The molecule has 2 aromatic carbocycles. The number of hydrogen-bond acceptors (Lipinski definition) is 5. The summed E-state index contributed by atoms with van der Waals surface area (Å²) >= 11 is 1.46. The molecule has 0 fully saturated rings. The van der Waals surface area contributed by atoms with Gasteiger partial charge in [0.1, 0.15) is 12.7 Å². The molecule has 0 saturated heterocycles. The molecule has 0 unspecified atom stereocenters. The van der Waals surface area contributed by atoms with Crippen LogP contribution >= 0.6 is 11.3 Å². The Labute approximate surface area is 160 Å². The predicted molar refractivity (Wildman–Crippen MR) is 105 cm³/mol. The minimum atomic E-state index is -0.108. The summed E-state index contributed by atoms with van der Waals surface area (Å²) in [5, 5.41) is 6.71. The van der Waals surface area contributed by atoms with Crippen molar-refractivity contribution >= 4 is 28.1 Å². The standard InChI is InChI=1S/C20H17N5OS/c1-15-12-27-20(23-15)25(18-5-3-2-4-6-18)19(26)17-9-7-16(8-10-17)11-24-14-21-13-22-24/h2-10,12-14H,11H2,1H3. The average molecular weight is 375 g/mol. The van der Waals surface area contributed by atoms with Crippen LogP contribution in [0, 0.1) is 6.92 Å². The quantitative estimate of drug-likeness (QED) is 0.527. The Hall–Kier alpha value is -3.32. The normalized spacial score (nSPS) is 10.7. The summed E-state index contributed by atoms with van der Waals surface area (Å²) in [6, 6.07) is 17.1. The molecule has 27 heavy (non-hydrogen) atoms. The SMILES string of the molecule is Cc1csc(N(C(=O)c2ccc(Cn3cncn3)cc2)c2ccccc2)n1. The van der Waals surface area contributed by atoms with Gasteiger partial charge in [0, 0.05) is 10.9 Å². The number of aromatic nitrogens is 4. The largest absolute Gasteiger partial charge is 0.268 e.